The first-order valence-electron chi connectivity index (χ1n) is 8.33. The van der Waals surface area contributed by atoms with Crippen LogP contribution < -0.4 is 10.9 Å². The van der Waals surface area contributed by atoms with Gasteiger partial charge >= 0.3 is 0 Å². The van der Waals surface area contributed by atoms with Crippen molar-refractivity contribution in [2.45, 2.75) is 23.9 Å². The van der Waals surface area contributed by atoms with Crippen molar-refractivity contribution < 1.29 is 9.18 Å². The van der Waals surface area contributed by atoms with Gasteiger partial charge in [0.05, 0.1) is 21.8 Å². The molecule has 1 amide bonds. The molecule has 138 valence electrons. The van der Waals surface area contributed by atoms with Gasteiger partial charge in [-0.1, -0.05) is 42.1 Å². The van der Waals surface area contributed by atoms with Gasteiger partial charge in [-0.15, -0.1) is 6.58 Å². The van der Waals surface area contributed by atoms with Crippen LogP contribution in [0.4, 0.5) is 10.1 Å². The zero-order chi connectivity index (χ0) is 19.4. The van der Waals surface area contributed by atoms with Crippen LogP contribution >= 0.6 is 11.8 Å². The highest BCUT2D eigenvalue weighted by Gasteiger charge is 2.20. The van der Waals surface area contributed by atoms with Crippen LogP contribution in [0.15, 0.2) is 71.1 Å². The van der Waals surface area contributed by atoms with E-state index in [1.54, 1.807) is 49.4 Å². The molecule has 1 N–H and O–H groups in total. The number of para-hydroxylation sites is 2. The molecule has 0 unspecified atom stereocenters. The van der Waals surface area contributed by atoms with Gasteiger partial charge < -0.3 is 5.32 Å². The lowest BCUT2D eigenvalue weighted by molar-refractivity contribution is -0.115. The summed E-state index contributed by atoms with van der Waals surface area (Å²) in [5.41, 5.74) is 0.488. The Bertz CT molecular complexity index is 1060. The van der Waals surface area contributed by atoms with Crippen LogP contribution in [0.2, 0.25) is 0 Å². The smallest absolute Gasteiger partial charge is 0.262 e. The topological polar surface area (TPSA) is 64.0 Å². The lowest BCUT2D eigenvalue weighted by Crippen LogP contribution is -2.27. The van der Waals surface area contributed by atoms with Crippen LogP contribution in [0.25, 0.3) is 10.9 Å². The number of rotatable bonds is 6. The molecule has 1 atom stereocenters. The van der Waals surface area contributed by atoms with Crippen LogP contribution in [0, 0.1) is 5.82 Å². The van der Waals surface area contributed by atoms with Gasteiger partial charge in [0.1, 0.15) is 5.82 Å². The summed E-state index contributed by atoms with van der Waals surface area (Å²) in [7, 11) is 0. The summed E-state index contributed by atoms with van der Waals surface area (Å²) in [5, 5.41) is 2.89. The highest BCUT2D eigenvalue weighted by atomic mass is 32.2. The van der Waals surface area contributed by atoms with Crippen molar-refractivity contribution in [3.8, 4) is 0 Å². The third kappa shape index (κ3) is 4.09. The first-order valence-corrected chi connectivity index (χ1v) is 9.21. The van der Waals surface area contributed by atoms with E-state index in [0.29, 0.717) is 16.1 Å². The van der Waals surface area contributed by atoms with E-state index in [1.807, 2.05) is 0 Å². The van der Waals surface area contributed by atoms with Gasteiger partial charge in [-0.05, 0) is 31.2 Å². The molecule has 1 heterocycles. The molecular weight excluding hydrogens is 365 g/mol. The third-order valence-corrected chi connectivity index (χ3v) is 5.01. The normalized spacial score (nSPS) is 11.9. The Morgan fingerprint density at radius 1 is 1.30 bits per heavy atom. The quantitative estimate of drug-likeness (QED) is 0.399. The van der Waals surface area contributed by atoms with E-state index in [2.05, 4.69) is 16.9 Å². The molecule has 0 radical (unpaired) electrons. The maximum absolute atomic E-state index is 13.7. The Hall–Kier alpha value is -2.93. The van der Waals surface area contributed by atoms with E-state index in [-0.39, 0.29) is 23.7 Å². The second-order valence-electron chi connectivity index (χ2n) is 5.85. The summed E-state index contributed by atoms with van der Waals surface area (Å²) in [6.45, 7) is 5.64. The van der Waals surface area contributed by atoms with E-state index in [9.17, 15) is 14.0 Å². The molecule has 7 heteroatoms. The number of hydrogen-bond donors (Lipinski definition) is 1. The molecule has 27 heavy (non-hydrogen) atoms. The molecule has 3 aromatic rings. The van der Waals surface area contributed by atoms with Crippen molar-refractivity contribution in [2.75, 3.05) is 5.32 Å². The summed E-state index contributed by atoms with van der Waals surface area (Å²) in [4.78, 5) is 29.7. The minimum absolute atomic E-state index is 0.116. The summed E-state index contributed by atoms with van der Waals surface area (Å²) in [6, 6.07) is 13.0. The number of hydrogen-bond acceptors (Lipinski definition) is 4. The highest BCUT2D eigenvalue weighted by Crippen LogP contribution is 2.24. The Balaban J connectivity index is 1.89. The van der Waals surface area contributed by atoms with Crippen LogP contribution in [-0.2, 0) is 11.3 Å². The number of fused-ring (bicyclic) bond motifs is 1. The maximum atomic E-state index is 13.7. The number of benzene rings is 2. The number of nitrogens with zero attached hydrogens (tertiary/aromatic N) is 2. The number of aromatic nitrogens is 2. The molecule has 0 aliphatic rings. The molecule has 5 nitrogen and oxygen atoms in total. The lowest BCUT2D eigenvalue weighted by Gasteiger charge is -2.15. The SMILES string of the molecule is C=CCn1c(S[C@@H](C)C(=O)Nc2ccccc2F)nc2ccccc2c1=O. The highest BCUT2D eigenvalue weighted by molar-refractivity contribution is 8.00. The molecule has 2 aromatic carbocycles. The molecule has 3 rings (SSSR count). The van der Waals surface area contributed by atoms with Gasteiger partial charge in [-0.2, -0.15) is 0 Å². The second kappa shape index (κ2) is 8.18. The summed E-state index contributed by atoms with van der Waals surface area (Å²) < 4.78 is 15.2. The molecule has 0 bridgehead atoms. The molecule has 0 saturated carbocycles. The van der Waals surface area contributed by atoms with Gasteiger partial charge in [-0.3, -0.25) is 14.2 Å². The maximum Gasteiger partial charge on any atom is 0.262 e. The Labute approximate surface area is 159 Å². The molecule has 0 aliphatic carbocycles. The van der Waals surface area contributed by atoms with Crippen molar-refractivity contribution in [3.05, 3.63) is 77.4 Å². The second-order valence-corrected chi connectivity index (χ2v) is 7.15. The van der Waals surface area contributed by atoms with Crippen molar-refractivity contribution >= 4 is 34.3 Å². The number of anilines is 1. The van der Waals surface area contributed by atoms with E-state index < -0.39 is 11.1 Å². The molecule has 0 spiro atoms. The fraction of sp³-hybridized carbons (Fsp3) is 0.150. The van der Waals surface area contributed by atoms with E-state index in [1.165, 1.54) is 16.7 Å². The number of amides is 1. The van der Waals surface area contributed by atoms with E-state index in [0.717, 1.165) is 11.8 Å². The number of allylic oxidation sites excluding steroid dienone is 1. The van der Waals surface area contributed by atoms with Crippen molar-refractivity contribution in [3.63, 3.8) is 0 Å². The van der Waals surface area contributed by atoms with E-state index >= 15 is 0 Å². The Morgan fingerprint density at radius 2 is 2.00 bits per heavy atom. The Morgan fingerprint density at radius 3 is 2.74 bits per heavy atom. The molecule has 0 fully saturated rings. The lowest BCUT2D eigenvalue weighted by atomic mass is 10.2. The molecular formula is C20H18FN3O2S. The average Bonchev–Trinajstić information content (AvgIpc) is 2.66. The monoisotopic (exact) mass is 383 g/mol. The van der Waals surface area contributed by atoms with Crippen LogP contribution in [-0.4, -0.2) is 20.7 Å². The zero-order valence-corrected chi connectivity index (χ0v) is 15.5. The van der Waals surface area contributed by atoms with E-state index in [4.69, 9.17) is 0 Å². The van der Waals surface area contributed by atoms with Crippen LogP contribution in [0.5, 0.6) is 0 Å². The van der Waals surface area contributed by atoms with Gasteiger partial charge in [0.2, 0.25) is 5.91 Å². The predicted molar refractivity (Wildman–Crippen MR) is 107 cm³/mol. The molecule has 1 aromatic heterocycles. The fourth-order valence-corrected chi connectivity index (χ4v) is 3.45. The van der Waals surface area contributed by atoms with Gasteiger partial charge in [0.25, 0.3) is 5.56 Å². The minimum atomic E-state index is -0.589. The standard InChI is InChI=1S/C20H18FN3O2S/c1-3-12-24-19(26)14-8-4-6-10-16(14)23-20(24)27-13(2)18(25)22-17-11-7-5-9-15(17)21/h3-11,13H,1,12H2,2H3,(H,22,25)/t13-/m0/s1. The summed E-state index contributed by atoms with van der Waals surface area (Å²) in [5.74, 6) is -0.881. The van der Waals surface area contributed by atoms with Crippen molar-refractivity contribution in [1.82, 2.24) is 9.55 Å². The fourth-order valence-electron chi connectivity index (χ4n) is 2.54. The van der Waals surface area contributed by atoms with Crippen LogP contribution in [0.3, 0.4) is 0 Å². The number of halogens is 1. The van der Waals surface area contributed by atoms with Gasteiger partial charge in [0, 0.05) is 6.54 Å². The van der Waals surface area contributed by atoms with Gasteiger partial charge in [0.15, 0.2) is 5.16 Å². The van der Waals surface area contributed by atoms with Crippen LogP contribution in [0.1, 0.15) is 6.92 Å². The van der Waals surface area contributed by atoms with Crippen molar-refractivity contribution in [2.24, 2.45) is 0 Å². The largest absolute Gasteiger partial charge is 0.323 e. The average molecular weight is 383 g/mol. The van der Waals surface area contributed by atoms with Gasteiger partial charge in [-0.25, -0.2) is 9.37 Å². The van der Waals surface area contributed by atoms with Crippen molar-refractivity contribution in [1.29, 1.82) is 0 Å². The Kier molecular flexibility index (Phi) is 5.71. The number of nitrogens with one attached hydrogen (secondary N) is 1. The zero-order valence-electron chi connectivity index (χ0n) is 14.7. The summed E-state index contributed by atoms with van der Waals surface area (Å²) >= 11 is 1.14. The first kappa shape index (κ1) is 18.8. The number of carbonyl (C=O) groups is 1. The predicted octanol–water partition coefficient (Wildman–Crippen LogP) is 3.84. The summed E-state index contributed by atoms with van der Waals surface area (Å²) in [6.07, 6.45) is 1.60. The number of carbonyl (C=O) groups excluding carboxylic acids is 1. The first-order chi connectivity index (χ1) is 13.0. The molecule has 0 aliphatic heterocycles. The molecule has 0 saturated heterocycles. The number of thioether (sulfide) groups is 1. The minimum Gasteiger partial charge on any atom is -0.323 e. The third-order valence-electron chi connectivity index (χ3n) is 3.92.